The average Bonchev–Trinajstić information content (AvgIpc) is 2.96. The Morgan fingerprint density at radius 1 is 1.29 bits per heavy atom. The van der Waals surface area contributed by atoms with E-state index in [1.165, 1.54) is 6.20 Å². The number of hydrogen-bond acceptors (Lipinski definition) is 5. The maximum Gasteiger partial charge on any atom is 1.00 e. The fraction of sp³-hybridized carbons (Fsp3) is 0.450. The molecule has 0 spiro atoms. The van der Waals surface area contributed by atoms with Crippen molar-refractivity contribution in [3.05, 3.63) is 45.2 Å². The van der Waals surface area contributed by atoms with E-state index in [0.29, 0.717) is 31.3 Å². The van der Waals surface area contributed by atoms with Gasteiger partial charge in [0.25, 0.3) is 0 Å². The van der Waals surface area contributed by atoms with Crippen LogP contribution in [0.3, 0.4) is 0 Å². The van der Waals surface area contributed by atoms with E-state index in [1.807, 2.05) is 4.57 Å². The first kappa shape index (κ1) is 22.5. The number of carboxylic acid groups (broad SMARTS) is 1. The molecule has 0 saturated carbocycles. The summed E-state index contributed by atoms with van der Waals surface area (Å²) in [5.74, 6) is -1.45. The molecule has 7 nitrogen and oxygen atoms in total. The van der Waals surface area contributed by atoms with Gasteiger partial charge in [-0.1, -0.05) is 6.07 Å². The third-order valence-corrected chi connectivity index (χ3v) is 4.46. The van der Waals surface area contributed by atoms with Crippen LogP contribution in [0.2, 0.25) is 0 Å². The summed E-state index contributed by atoms with van der Waals surface area (Å²) < 4.78 is 7.00. The summed E-state index contributed by atoms with van der Waals surface area (Å²) in [6.45, 7) is 6.51. The zero-order chi connectivity index (χ0) is 19.8. The fourth-order valence-electron chi connectivity index (χ4n) is 3.39. The van der Waals surface area contributed by atoms with Crippen LogP contribution in [0, 0.1) is 0 Å². The van der Waals surface area contributed by atoms with Gasteiger partial charge in [0.05, 0.1) is 17.0 Å². The second-order valence-electron chi connectivity index (χ2n) is 7.79. The van der Waals surface area contributed by atoms with E-state index in [0.717, 1.165) is 23.1 Å². The van der Waals surface area contributed by atoms with E-state index in [-0.39, 0.29) is 35.1 Å². The summed E-state index contributed by atoms with van der Waals surface area (Å²) >= 11 is 0. The molecule has 1 amide bonds. The summed E-state index contributed by atoms with van der Waals surface area (Å²) in [5.41, 5.74) is 1.45. The number of carboxylic acids is 1. The maximum absolute atomic E-state index is 12.5. The van der Waals surface area contributed by atoms with Crippen LogP contribution in [0.25, 0.3) is 10.9 Å². The number of nitrogens with one attached hydrogen (secondary N) is 1. The number of carbonyl (C=O) groups excluding carboxylic acids is 2. The summed E-state index contributed by atoms with van der Waals surface area (Å²) in [7, 11) is 0. The minimum absolute atomic E-state index is 0. The number of ether oxygens (including phenoxy) is 1. The van der Waals surface area contributed by atoms with Gasteiger partial charge in [0.15, 0.2) is 5.43 Å². The number of benzene rings is 1. The molecular formula is C20H23N2NaO5. The van der Waals surface area contributed by atoms with Crippen LogP contribution in [-0.4, -0.2) is 28.8 Å². The first-order valence-corrected chi connectivity index (χ1v) is 9.03. The average molecular weight is 394 g/mol. The third-order valence-electron chi connectivity index (χ3n) is 4.46. The number of pyridine rings is 1. The first-order chi connectivity index (χ1) is 12.7. The molecule has 1 aromatic carbocycles. The van der Waals surface area contributed by atoms with Crippen LogP contribution in [0.15, 0.2) is 23.1 Å². The number of rotatable bonds is 5. The number of nitrogens with zero attached hydrogens (tertiary/aromatic N) is 1. The minimum Gasteiger partial charge on any atom is -0.545 e. The summed E-state index contributed by atoms with van der Waals surface area (Å²) in [6, 6.07) is 3.81. The van der Waals surface area contributed by atoms with Crippen molar-refractivity contribution in [1.82, 2.24) is 9.88 Å². The Morgan fingerprint density at radius 2 is 2.00 bits per heavy atom. The SMILES string of the molecule is CC(C)(C)OC(=O)NCCCc1cc2c3c(c1)c(=O)c(C(=O)[O-])cn3CC2.[Na+]. The standard InChI is InChI=1S/C20H24N2O5.Na/c1-20(2,3)27-19(26)21-7-4-5-12-9-13-6-8-22-11-15(18(24)25)17(23)14(10-12)16(13)22;/h9-11H,4-8H2,1-3H3,(H,21,26)(H,24,25);/q;+1/p-1. The molecule has 3 rings (SSSR count). The zero-order valence-electron chi connectivity index (χ0n) is 16.8. The number of aryl methyl sites for hydroxylation is 3. The van der Waals surface area contributed by atoms with Crippen molar-refractivity contribution >= 4 is 23.0 Å². The van der Waals surface area contributed by atoms with E-state index >= 15 is 0 Å². The second-order valence-corrected chi connectivity index (χ2v) is 7.79. The molecule has 1 N–H and O–H groups in total. The zero-order valence-corrected chi connectivity index (χ0v) is 18.8. The predicted molar refractivity (Wildman–Crippen MR) is 98.8 cm³/mol. The van der Waals surface area contributed by atoms with Crippen LogP contribution in [0.4, 0.5) is 4.79 Å². The van der Waals surface area contributed by atoms with Crippen molar-refractivity contribution in [3.8, 4) is 0 Å². The smallest absolute Gasteiger partial charge is 0.545 e. The van der Waals surface area contributed by atoms with Crippen molar-refractivity contribution < 1.29 is 49.0 Å². The van der Waals surface area contributed by atoms with Crippen molar-refractivity contribution in [2.75, 3.05) is 6.54 Å². The predicted octanol–water partition coefficient (Wildman–Crippen LogP) is -1.62. The van der Waals surface area contributed by atoms with Gasteiger partial charge in [-0.2, -0.15) is 0 Å². The monoisotopic (exact) mass is 394 g/mol. The van der Waals surface area contributed by atoms with Gasteiger partial charge in [0.2, 0.25) is 0 Å². The number of aromatic nitrogens is 1. The molecule has 0 radical (unpaired) electrons. The molecule has 2 aromatic rings. The van der Waals surface area contributed by atoms with E-state index in [1.54, 1.807) is 26.8 Å². The van der Waals surface area contributed by atoms with Gasteiger partial charge in [-0.3, -0.25) is 4.79 Å². The van der Waals surface area contributed by atoms with Gasteiger partial charge in [0, 0.05) is 24.7 Å². The number of carbonyl (C=O) groups is 2. The Labute approximate surface area is 185 Å². The minimum atomic E-state index is -1.45. The van der Waals surface area contributed by atoms with Gasteiger partial charge < -0.3 is 24.5 Å². The van der Waals surface area contributed by atoms with Gasteiger partial charge in [-0.05, 0) is 57.2 Å². The molecule has 8 heteroatoms. The van der Waals surface area contributed by atoms with E-state index in [4.69, 9.17) is 4.74 Å². The molecule has 0 aliphatic carbocycles. The Kier molecular flexibility index (Phi) is 6.96. The normalized spacial score (nSPS) is 12.5. The third kappa shape index (κ3) is 4.96. The topological polar surface area (TPSA) is 100 Å². The van der Waals surface area contributed by atoms with Crippen molar-refractivity contribution in [2.24, 2.45) is 0 Å². The number of alkyl carbamates (subject to hydrolysis) is 1. The molecule has 1 aliphatic rings. The van der Waals surface area contributed by atoms with Crippen molar-refractivity contribution in [2.45, 2.75) is 52.2 Å². The van der Waals surface area contributed by atoms with E-state index in [9.17, 15) is 19.5 Å². The maximum atomic E-state index is 12.5. The molecule has 0 atom stereocenters. The van der Waals surface area contributed by atoms with Crippen LogP contribution < -0.4 is 45.4 Å². The molecule has 144 valence electrons. The van der Waals surface area contributed by atoms with E-state index < -0.39 is 23.1 Å². The Bertz CT molecular complexity index is 975. The van der Waals surface area contributed by atoms with Gasteiger partial charge in [-0.25, -0.2) is 4.79 Å². The largest absolute Gasteiger partial charge is 1.00 e. The van der Waals surface area contributed by atoms with Gasteiger partial charge in [-0.15, -0.1) is 0 Å². The molecule has 0 saturated heterocycles. The van der Waals surface area contributed by atoms with Gasteiger partial charge >= 0.3 is 35.7 Å². The molecule has 1 aliphatic heterocycles. The summed E-state index contributed by atoms with van der Waals surface area (Å²) in [6.07, 6.45) is 3.02. The van der Waals surface area contributed by atoms with Crippen LogP contribution in [-0.2, 0) is 24.1 Å². The Balaban J connectivity index is 0.00000280. The Hall–Kier alpha value is -1.83. The number of hydrogen-bond donors (Lipinski definition) is 1. The quantitative estimate of drug-likeness (QED) is 0.486. The fourth-order valence-corrected chi connectivity index (χ4v) is 3.39. The summed E-state index contributed by atoms with van der Waals surface area (Å²) in [4.78, 5) is 35.4. The number of aromatic carboxylic acids is 1. The van der Waals surface area contributed by atoms with Gasteiger partial charge in [0.1, 0.15) is 5.60 Å². The molecule has 28 heavy (non-hydrogen) atoms. The first-order valence-electron chi connectivity index (χ1n) is 9.03. The second kappa shape index (κ2) is 8.68. The molecular weight excluding hydrogens is 371 g/mol. The Morgan fingerprint density at radius 3 is 2.64 bits per heavy atom. The molecule has 0 unspecified atom stereocenters. The van der Waals surface area contributed by atoms with Crippen LogP contribution in [0.5, 0.6) is 0 Å². The van der Waals surface area contributed by atoms with Crippen molar-refractivity contribution in [3.63, 3.8) is 0 Å². The van der Waals surface area contributed by atoms with Crippen LogP contribution in [0.1, 0.15) is 48.7 Å². The molecule has 1 aromatic heterocycles. The van der Waals surface area contributed by atoms with Crippen LogP contribution >= 0.6 is 0 Å². The van der Waals surface area contributed by atoms with Crippen molar-refractivity contribution in [1.29, 1.82) is 0 Å². The molecule has 0 fully saturated rings. The molecule has 2 heterocycles. The number of amides is 1. The van der Waals surface area contributed by atoms with E-state index in [2.05, 4.69) is 11.4 Å². The summed E-state index contributed by atoms with van der Waals surface area (Å²) in [5, 5.41) is 14.4. The molecule has 0 bridgehead atoms.